The van der Waals surface area contributed by atoms with Crippen LogP contribution in [0.15, 0.2) is 57.8 Å². The topological polar surface area (TPSA) is 101 Å². The van der Waals surface area contributed by atoms with E-state index < -0.39 is 0 Å². The van der Waals surface area contributed by atoms with Crippen molar-refractivity contribution in [2.24, 2.45) is 26.8 Å². The van der Waals surface area contributed by atoms with Gasteiger partial charge < -0.3 is 11.5 Å². The van der Waals surface area contributed by atoms with E-state index in [9.17, 15) is 0 Å². The molecule has 6 nitrogen and oxygen atoms in total. The Morgan fingerprint density at radius 3 is 2.32 bits per heavy atom. The molecule has 6 heteroatoms. The molecule has 0 atom stereocenters. The Hall–Kier alpha value is -2.89. The molecule has 0 saturated carbocycles. The predicted octanol–water partition coefficient (Wildman–Crippen LogP) is 1.25. The summed E-state index contributed by atoms with van der Waals surface area (Å²) in [5.41, 5.74) is 15.3. The highest BCUT2D eigenvalue weighted by Crippen LogP contribution is 2.18. The van der Waals surface area contributed by atoms with Crippen LogP contribution in [0.1, 0.15) is 0 Å². The number of fused-ring (bicyclic) bond motifs is 1. The molecule has 94 valence electrons. The van der Waals surface area contributed by atoms with Gasteiger partial charge in [-0.1, -0.05) is 30.3 Å². The second-order valence-corrected chi connectivity index (χ2v) is 4.10. The third kappa shape index (κ3) is 2.11. The molecule has 5 N–H and O–H groups in total. The number of amidine groups is 2. The van der Waals surface area contributed by atoms with Crippen molar-refractivity contribution in [1.82, 2.24) is 0 Å². The molecular weight excluding hydrogens is 240 g/mol. The summed E-state index contributed by atoms with van der Waals surface area (Å²) >= 11 is 0. The van der Waals surface area contributed by atoms with Crippen molar-refractivity contribution in [2.75, 3.05) is 5.43 Å². The highest BCUT2D eigenvalue weighted by molar-refractivity contribution is 6.68. The molecule has 1 heterocycles. The predicted molar refractivity (Wildman–Crippen MR) is 78.3 cm³/mol. The average Bonchev–Trinajstić information content (AvgIpc) is 2.76. The van der Waals surface area contributed by atoms with Crippen LogP contribution in [-0.2, 0) is 0 Å². The van der Waals surface area contributed by atoms with E-state index in [0.717, 1.165) is 11.1 Å². The first kappa shape index (κ1) is 11.2. The minimum Gasteiger partial charge on any atom is -0.380 e. The van der Waals surface area contributed by atoms with Gasteiger partial charge in [-0.2, -0.15) is 5.10 Å². The molecule has 0 bridgehead atoms. The van der Waals surface area contributed by atoms with Gasteiger partial charge in [-0.3, -0.25) is 5.43 Å². The number of nitrogens with two attached hydrogens (primary N) is 2. The Morgan fingerprint density at radius 1 is 0.895 bits per heavy atom. The summed E-state index contributed by atoms with van der Waals surface area (Å²) in [5, 5.41) is 13.7. The van der Waals surface area contributed by atoms with Crippen LogP contribution in [0, 0.1) is 0 Å². The fraction of sp³-hybridized carbons (Fsp3) is 0. The smallest absolute Gasteiger partial charge is 0.177 e. The fourth-order valence-electron chi connectivity index (χ4n) is 1.83. The summed E-state index contributed by atoms with van der Waals surface area (Å²) in [4.78, 5) is 0. The largest absolute Gasteiger partial charge is 0.380 e. The molecule has 0 aromatic heterocycles. The van der Waals surface area contributed by atoms with Gasteiger partial charge in [0.2, 0.25) is 0 Å². The summed E-state index contributed by atoms with van der Waals surface area (Å²) in [6.45, 7) is 0. The van der Waals surface area contributed by atoms with Crippen LogP contribution in [0.3, 0.4) is 0 Å². The Morgan fingerprint density at radius 2 is 1.58 bits per heavy atom. The van der Waals surface area contributed by atoms with Crippen molar-refractivity contribution in [3.05, 3.63) is 42.5 Å². The molecule has 0 fully saturated rings. The fourth-order valence-corrected chi connectivity index (χ4v) is 1.83. The number of rotatable bonds is 2. The van der Waals surface area contributed by atoms with Crippen molar-refractivity contribution in [3.8, 4) is 0 Å². The van der Waals surface area contributed by atoms with Crippen LogP contribution in [0.5, 0.6) is 0 Å². The SMILES string of the molecule is NC1=NN=C(N)C1=NNc1ccc2ccccc2c1. The van der Waals surface area contributed by atoms with Gasteiger partial charge in [0.1, 0.15) is 0 Å². The zero-order valence-electron chi connectivity index (χ0n) is 10.0. The van der Waals surface area contributed by atoms with E-state index in [2.05, 4.69) is 26.8 Å². The Kier molecular flexibility index (Phi) is 2.60. The molecular formula is C13H12N6. The summed E-state index contributed by atoms with van der Waals surface area (Å²) in [7, 11) is 0. The molecule has 0 saturated heterocycles. The lowest BCUT2D eigenvalue weighted by Gasteiger charge is -2.04. The second-order valence-electron chi connectivity index (χ2n) is 4.10. The molecule has 1 aliphatic heterocycles. The molecule has 3 rings (SSSR count). The van der Waals surface area contributed by atoms with E-state index in [0.29, 0.717) is 5.71 Å². The Balaban J connectivity index is 1.88. The maximum Gasteiger partial charge on any atom is 0.177 e. The minimum absolute atomic E-state index is 0.214. The summed E-state index contributed by atoms with van der Waals surface area (Å²) < 4.78 is 0. The summed E-state index contributed by atoms with van der Waals surface area (Å²) in [6, 6.07) is 14.0. The lowest BCUT2D eigenvalue weighted by Crippen LogP contribution is -2.32. The molecule has 0 unspecified atom stereocenters. The van der Waals surface area contributed by atoms with Crippen LogP contribution in [0.25, 0.3) is 10.8 Å². The molecule has 0 spiro atoms. The Labute approximate surface area is 109 Å². The van der Waals surface area contributed by atoms with E-state index in [4.69, 9.17) is 11.5 Å². The van der Waals surface area contributed by atoms with Crippen LogP contribution in [0.2, 0.25) is 0 Å². The number of benzene rings is 2. The maximum atomic E-state index is 5.61. The zero-order valence-corrected chi connectivity index (χ0v) is 10.0. The zero-order chi connectivity index (χ0) is 13.2. The quantitative estimate of drug-likeness (QED) is 0.701. The number of nitrogens with zero attached hydrogens (tertiary/aromatic N) is 3. The normalized spacial score (nSPS) is 14.2. The van der Waals surface area contributed by atoms with Crippen molar-refractivity contribution >= 4 is 33.8 Å². The number of nitrogens with one attached hydrogen (secondary N) is 1. The maximum absolute atomic E-state index is 5.61. The number of hydrogen-bond acceptors (Lipinski definition) is 6. The lowest BCUT2D eigenvalue weighted by atomic mass is 10.1. The van der Waals surface area contributed by atoms with Crippen LogP contribution in [-0.4, -0.2) is 17.4 Å². The molecule has 1 aliphatic rings. The third-order valence-electron chi connectivity index (χ3n) is 2.80. The highest BCUT2D eigenvalue weighted by atomic mass is 15.4. The van der Waals surface area contributed by atoms with Crippen LogP contribution in [0.4, 0.5) is 5.69 Å². The average molecular weight is 252 g/mol. The van der Waals surface area contributed by atoms with Crippen molar-refractivity contribution in [1.29, 1.82) is 0 Å². The number of hydrogen-bond donors (Lipinski definition) is 3. The first-order valence-electron chi connectivity index (χ1n) is 5.74. The molecule has 2 aromatic carbocycles. The van der Waals surface area contributed by atoms with E-state index in [1.54, 1.807) is 0 Å². The minimum atomic E-state index is 0.214. The Bertz CT molecular complexity index is 709. The second kappa shape index (κ2) is 4.41. The van der Waals surface area contributed by atoms with Crippen molar-refractivity contribution < 1.29 is 0 Å². The molecule has 0 radical (unpaired) electrons. The van der Waals surface area contributed by atoms with E-state index in [1.807, 2.05) is 36.4 Å². The van der Waals surface area contributed by atoms with Crippen molar-refractivity contribution in [3.63, 3.8) is 0 Å². The van der Waals surface area contributed by atoms with Gasteiger partial charge in [-0.05, 0) is 22.9 Å². The van der Waals surface area contributed by atoms with E-state index in [1.165, 1.54) is 5.39 Å². The van der Waals surface area contributed by atoms with Crippen LogP contribution >= 0.6 is 0 Å². The molecule has 19 heavy (non-hydrogen) atoms. The van der Waals surface area contributed by atoms with Gasteiger partial charge >= 0.3 is 0 Å². The molecule has 0 amide bonds. The highest BCUT2D eigenvalue weighted by Gasteiger charge is 2.16. The lowest BCUT2D eigenvalue weighted by molar-refractivity contribution is 1.25. The van der Waals surface area contributed by atoms with E-state index in [-0.39, 0.29) is 11.7 Å². The number of anilines is 1. The standard InChI is InChI=1S/C13H12N6/c14-12-11(13(15)19-18-12)17-16-10-6-5-8-3-1-2-4-9(8)7-10/h1-7,16H,(H4,14,15,17,18,19). The summed E-state index contributed by atoms with van der Waals surface area (Å²) in [5.74, 6) is 0.427. The van der Waals surface area contributed by atoms with Gasteiger partial charge in [-0.15, -0.1) is 10.2 Å². The van der Waals surface area contributed by atoms with Gasteiger partial charge in [0.15, 0.2) is 17.4 Å². The third-order valence-corrected chi connectivity index (χ3v) is 2.80. The first-order chi connectivity index (χ1) is 9.24. The monoisotopic (exact) mass is 252 g/mol. The van der Waals surface area contributed by atoms with Gasteiger partial charge in [0.05, 0.1) is 5.69 Å². The molecule has 0 aliphatic carbocycles. The van der Waals surface area contributed by atoms with Crippen LogP contribution < -0.4 is 16.9 Å². The molecule has 2 aromatic rings. The van der Waals surface area contributed by atoms with Crippen molar-refractivity contribution in [2.45, 2.75) is 0 Å². The first-order valence-corrected chi connectivity index (χ1v) is 5.74. The van der Waals surface area contributed by atoms with E-state index >= 15 is 0 Å². The van der Waals surface area contributed by atoms with Gasteiger partial charge in [0.25, 0.3) is 0 Å². The summed E-state index contributed by atoms with van der Waals surface area (Å²) in [6.07, 6.45) is 0. The number of hydrazone groups is 1. The van der Waals surface area contributed by atoms with Gasteiger partial charge in [0, 0.05) is 0 Å². The van der Waals surface area contributed by atoms with Gasteiger partial charge in [-0.25, -0.2) is 0 Å².